The molecule has 1 aromatic carbocycles. The van der Waals surface area contributed by atoms with Crippen LogP contribution in [0, 0.1) is 0 Å². The molecule has 1 unspecified atom stereocenters. The van der Waals surface area contributed by atoms with Crippen molar-refractivity contribution in [3.8, 4) is 5.75 Å². The lowest BCUT2D eigenvalue weighted by atomic mass is 10.1. The molecule has 1 heterocycles. The molecule has 118 valence electrons. The van der Waals surface area contributed by atoms with E-state index in [0.717, 1.165) is 12.0 Å². The normalized spacial score (nSPS) is 13.0. The highest BCUT2D eigenvalue weighted by Gasteiger charge is 2.21. The second kappa shape index (κ2) is 6.53. The Morgan fingerprint density at radius 3 is 2.45 bits per heavy atom. The van der Waals surface area contributed by atoms with E-state index in [1.807, 2.05) is 58.0 Å². The van der Waals surface area contributed by atoms with Crippen LogP contribution in [0.15, 0.2) is 41.3 Å². The number of hydrogen-bond acceptors (Lipinski definition) is 3. The van der Waals surface area contributed by atoms with Crippen molar-refractivity contribution in [3.63, 3.8) is 0 Å². The number of nitrogens with zero attached hydrogens (tertiary/aromatic N) is 2. The van der Waals surface area contributed by atoms with E-state index < -0.39 is 5.54 Å². The number of benzene rings is 1. The molecular weight excluding hydrogens is 300 g/mol. The van der Waals surface area contributed by atoms with Crippen molar-refractivity contribution in [2.75, 3.05) is 0 Å². The van der Waals surface area contributed by atoms with Gasteiger partial charge in [0.15, 0.2) is 10.8 Å². The standard InChI is InChI=1S/C17H21ClN2O2/c1-5-13(12-9-7-6-8-10-12)22-14-11-19-20(17(2,3)4)16(21)15(14)18/h6-11,13H,5H2,1-4H3. The van der Waals surface area contributed by atoms with Crippen molar-refractivity contribution < 1.29 is 4.74 Å². The average Bonchev–Trinajstić information content (AvgIpc) is 2.48. The van der Waals surface area contributed by atoms with Crippen LogP contribution in [0.3, 0.4) is 0 Å². The summed E-state index contributed by atoms with van der Waals surface area (Å²) >= 11 is 6.19. The second-order valence-corrected chi connectivity index (χ2v) is 6.51. The van der Waals surface area contributed by atoms with Crippen LogP contribution >= 0.6 is 11.6 Å². The van der Waals surface area contributed by atoms with Crippen LogP contribution in [0.25, 0.3) is 0 Å². The molecule has 0 saturated carbocycles. The average molecular weight is 321 g/mol. The zero-order valence-electron chi connectivity index (χ0n) is 13.3. The molecule has 0 N–H and O–H groups in total. The van der Waals surface area contributed by atoms with Gasteiger partial charge in [-0.1, -0.05) is 48.9 Å². The van der Waals surface area contributed by atoms with Crippen molar-refractivity contribution in [2.24, 2.45) is 0 Å². The smallest absolute Gasteiger partial charge is 0.289 e. The summed E-state index contributed by atoms with van der Waals surface area (Å²) in [6, 6.07) is 9.85. The van der Waals surface area contributed by atoms with Crippen LogP contribution in [0.2, 0.25) is 5.02 Å². The van der Waals surface area contributed by atoms with Gasteiger partial charge in [0.1, 0.15) is 6.10 Å². The molecule has 0 spiro atoms. The Morgan fingerprint density at radius 1 is 1.27 bits per heavy atom. The molecule has 2 rings (SSSR count). The molecular formula is C17H21ClN2O2. The molecule has 1 atom stereocenters. The highest BCUT2D eigenvalue weighted by Crippen LogP contribution is 2.28. The number of rotatable bonds is 4. The number of aromatic nitrogens is 2. The SMILES string of the molecule is CCC(Oc1cnn(C(C)(C)C)c(=O)c1Cl)c1ccccc1. The van der Waals surface area contributed by atoms with Crippen molar-refractivity contribution in [3.05, 3.63) is 57.5 Å². The minimum Gasteiger partial charge on any atom is -0.482 e. The van der Waals surface area contributed by atoms with E-state index >= 15 is 0 Å². The molecule has 1 aromatic heterocycles. The van der Waals surface area contributed by atoms with Crippen LogP contribution in [0.4, 0.5) is 0 Å². The third-order valence-corrected chi connectivity index (χ3v) is 3.68. The van der Waals surface area contributed by atoms with E-state index in [2.05, 4.69) is 5.10 Å². The van der Waals surface area contributed by atoms with Crippen LogP contribution in [-0.2, 0) is 5.54 Å². The summed E-state index contributed by atoms with van der Waals surface area (Å²) in [6.07, 6.45) is 2.12. The Balaban J connectivity index is 2.34. The van der Waals surface area contributed by atoms with Gasteiger partial charge in [0, 0.05) is 0 Å². The van der Waals surface area contributed by atoms with Gasteiger partial charge in [0.25, 0.3) is 5.56 Å². The summed E-state index contributed by atoms with van der Waals surface area (Å²) in [5.74, 6) is 0.322. The third kappa shape index (κ3) is 3.50. The van der Waals surface area contributed by atoms with E-state index in [-0.39, 0.29) is 16.7 Å². The highest BCUT2D eigenvalue weighted by molar-refractivity contribution is 6.31. The van der Waals surface area contributed by atoms with E-state index in [9.17, 15) is 4.79 Å². The van der Waals surface area contributed by atoms with Crippen molar-refractivity contribution in [1.29, 1.82) is 0 Å². The minimum absolute atomic E-state index is 0.0688. The summed E-state index contributed by atoms with van der Waals surface area (Å²) < 4.78 is 7.29. The van der Waals surface area contributed by atoms with Crippen LogP contribution in [0.1, 0.15) is 45.8 Å². The second-order valence-electron chi connectivity index (χ2n) is 6.14. The third-order valence-electron chi connectivity index (χ3n) is 3.33. The van der Waals surface area contributed by atoms with Gasteiger partial charge in [-0.3, -0.25) is 4.79 Å². The van der Waals surface area contributed by atoms with Gasteiger partial charge in [-0.15, -0.1) is 0 Å². The fourth-order valence-electron chi connectivity index (χ4n) is 2.19. The van der Waals surface area contributed by atoms with Gasteiger partial charge >= 0.3 is 0 Å². The van der Waals surface area contributed by atoms with E-state index in [1.54, 1.807) is 0 Å². The Labute approximate surface area is 135 Å². The summed E-state index contributed by atoms with van der Waals surface area (Å²) in [5, 5.41) is 4.25. The molecule has 0 aliphatic rings. The van der Waals surface area contributed by atoms with Crippen LogP contribution < -0.4 is 10.3 Å². The first-order valence-electron chi connectivity index (χ1n) is 7.34. The summed E-state index contributed by atoms with van der Waals surface area (Å²) in [4.78, 5) is 12.3. The molecule has 0 amide bonds. The number of ether oxygens (including phenoxy) is 1. The predicted molar refractivity (Wildman–Crippen MR) is 88.6 cm³/mol. The van der Waals surface area contributed by atoms with Gasteiger partial charge in [0.2, 0.25) is 0 Å². The van der Waals surface area contributed by atoms with Gasteiger partial charge < -0.3 is 4.74 Å². The zero-order chi connectivity index (χ0) is 16.3. The van der Waals surface area contributed by atoms with Crippen molar-refractivity contribution >= 4 is 11.6 Å². The van der Waals surface area contributed by atoms with E-state index in [0.29, 0.717) is 5.75 Å². The first kappa shape index (κ1) is 16.6. The molecule has 0 radical (unpaired) electrons. The predicted octanol–water partition coefficient (Wildman–Crippen LogP) is 4.18. The largest absolute Gasteiger partial charge is 0.482 e. The summed E-state index contributed by atoms with van der Waals surface area (Å²) in [6.45, 7) is 7.72. The maximum absolute atomic E-state index is 12.3. The molecule has 0 aliphatic carbocycles. The van der Waals surface area contributed by atoms with E-state index in [1.165, 1.54) is 10.9 Å². The molecule has 5 heteroatoms. The number of halogens is 1. The number of hydrogen-bond donors (Lipinski definition) is 0. The maximum Gasteiger partial charge on any atom is 0.289 e. The molecule has 0 aliphatic heterocycles. The highest BCUT2D eigenvalue weighted by atomic mass is 35.5. The Morgan fingerprint density at radius 2 is 1.91 bits per heavy atom. The molecule has 0 bridgehead atoms. The molecule has 0 saturated heterocycles. The zero-order valence-corrected chi connectivity index (χ0v) is 14.1. The Bertz CT molecular complexity index is 690. The monoisotopic (exact) mass is 320 g/mol. The fraction of sp³-hybridized carbons (Fsp3) is 0.412. The van der Waals surface area contributed by atoms with Gasteiger partial charge in [-0.05, 0) is 32.8 Å². The first-order valence-corrected chi connectivity index (χ1v) is 7.72. The first-order chi connectivity index (χ1) is 10.3. The molecule has 22 heavy (non-hydrogen) atoms. The Hall–Kier alpha value is -1.81. The minimum atomic E-state index is -0.428. The molecule has 2 aromatic rings. The fourth-order valence-corrected chi connectivity index (χ4v) is 2.36. The van der Waals surface area contributed by atoms with Crippen LogP contribution in [0.5, 0.6) is 5.75 Å². The summed E-state index contributed by atoms with van der Waals surface area (Å²) in [7, 11) is 0. The van der Waals surface area contributed by atoms with Gasteiger partial charge in [-0.25, -0.2) is 4.68 Å². The van der Waals surface area contributed by atoms with Crippen molar-refractivity contribution in [2.45, 2.75) is 45.8 Å². The Kier molecular flexibility index (Phi) is 4.91. The lowest BCUT2D eigenvalue weighted by Crippen LogP contribution is -2.36. The van der Waals surface area contributed by atoms with Gasteiger partial charge in [0.05, 0.1) is 11.7 Å². The lowest BCUT2D eigenvalue weighted by molar-refractivity contribution is 0.198. The lowest BCUT2D eigenvalue weighted by Gasteiger charge is -2.23. The topological polar surface area (TPSA) is 44.1 Å². The quantitative estimate of drug-likeness (QED) is 0.848. The summed E-state index contributed by atoms with van der Waals surface area (Å²) in [5.41, 5.74) is 0.277. The van der Waals surface area contributed by atoms with Crippen LogP contribution in [-0.4, -0.2) is 9.78 Å². The van der Waals surface area contributed by atoms with Gasteiger partial charge in [-0.2, -0.15) is 5.10 Å². The van der Waals surface area contributed by atoms with Crippen molar-refractivity contribution in [1.82, 2.24) is 9.78 Å². The maximum atomic E-state index is 12.3. The molecule has 4 nitrogen and oxygen atoms in total. The molecule has 0 fully saturated rings. The van der Waals surface area contributed by atoms with E-state index in [4.69, 9.17) is 16.3 Å².